The lowest BCUT2D eigenvalue weighted by Gasteiger charge is -2.24. The monoisotopic (exact) mass is 309 g/mol. The fourth-order valence-electron chi connectivity index (χ4n) is 1.85. The van der Waals surface area contributed by atoms with Crippen molar-refractivity contribution in [2.24, 2.45) is 0 Å². The second kappa shape index (κ2) is 5.93. The third-order valence-electron chi connectivity index (χ3n) is 3.11. The highest BCUT2D eigenvalue weighted by Crippen LogP contribution is 2.20. The molecule has 0 heterocycles. The Balaban J connectivity index is 2.15. The molecule has 0 aromatic heterocycles. The molecule has 0 amide bonds. The molecule has 4 nitrogen and oxygen atoms in total. The fourth-order valence-corrected chi connectivity index (χ4v) is 3.02. The van der Waals surface area contributed by atoms with Crippen LogP contribution in [0.4, 0.5) is 4.39 Å². The van der Waals surface area contributed by atoms with Gasteiger partial charge in [0.2, 0.25) is 10.0 Å². The van der Waals surface area contributed by atoms with Crippen LogP contribution in [0.5, 0.6) is 0 Å². The summed E-state index contributed by atoms with van der Waals surface area (Å²) in [5, 5.41) is 10.3. The van der Waals surface area contributed by atoms with E-state index in [0.29, 0.717) is 5.56 Å². The first-order valence-electron chi connectivity index (χ1n) is 6.34. The standard InChI is InChI=1S/C15H16FNO3S/c1-15(18,12-6-3-2-4-7-12)11-17-21(19,20)14-9-5-8-13(16)10-14/h2-10,17-18H,11H2,1H3. The summed E-state index contributed by atoms with van der Waals surface area (Å²) in [5.74, 6) is -0.632. The summed E-state index contributed by atoms with van der Waals surface area (Å²) in [7, 11) is -3.87. The SMILES string of the molecule is CC(O)(CNS(=O)(=O)c1cccc(F)c1)c1ccccc1. The van der Waals surface area contributed by atoms with Crippen molar-refractivity contribution in [1.82, 2.24) is 4.72 Å². The van der Waals surface area contributed by atoms with Gasteiger partial charge in [0.1, 0.15) is 11.4 Å². The maximum absolute atomic E-state index is 13.1. The summed E-state index contributed by atoms with van der Waals surface area (Å²) in [4.78, 5) is -0.175. The van der Waals surface area contributed by atoms with E-state index in [2.05, 4.69) is 4.72 Å². The van der Waals surface area contributed by atoms with Crippen molar-refractivity contribution < 1.29 is 17.9 Å². The van der Waals surface area contributed by atoms with Gasteiger partial charge < -0.3 is 5.11 Å². The van der Waals surface area contributed by atoms with E-state index in [0.717, 1.165) is 6.07 Å². The van der Waals surface area contributed by atoms with Crippen molar-refractivity contribution in [3.8, 4) is 0 Å². The second-order valence-corrected chi connectivity index (χ2v) is 6.69. The first-order chi connectivity index (χ1) is 9.81. The molecule has 0 bridgehead atoms. The summed E-state index contributed by atoms with van der Waals surface area (Å²) in [5.41, 5.74) is -0.770. The maximum atomic E-state index is 13.1. The predicted octanol–water partition coefficient (Wildman–Crippen LogP) is 2.01. The number of halogens is 1. The third kappa shape index (κ3) is 3.87. The van der Waals surface area contributed by atoms with E-state index in [4.69, 9.17) is 0 Å². The zero-order valence-electron chi connectivity index (χ0n) is 11.5. The van der Waals surface area contributed by atoms with Crippen LogP contribution in [0.3, 0.4) is 0 Å². The normalized spacial score (nSPS) is 14.6. The average Bonchev–Trinajstić information content (AvgIpc) is 2.46. The van der Waals surface area contributed by atoms with E-state index in [1.54, 1.807) is 30.3 Å². The minimum absolute atomic E-state index is 0.175. The molecule has 2 N–H and O–H groups in total. The molecule has 0 saturated heterocycles. The Morgan fingerprint density at radius 1 is 1.14 bits per heavy atom. The molecule has 0 aliphatic carbocycles. The van der Waals surface area contributed by atoms with Gasteiger partial charge in [-0.05, 0) is 30.7 Å². The van der Waals surface area contributed by atoms with E-state index < -0.39 is 21.4 Å². The first-order valence-corrected chi connectivity index (χ1v) is 7.83. The predicted molar refractivity (Wildman–Crippen MR) is 77.6 cm³/mol. The molecule has 1 unspecified atom stereocenters. The molecule has 0 spiro atoms. The van der Waals surface area contributed by atoms with Crippen LogP contribution in [-0.2, 0) is 15.6 Å². The smallest absolute Gasteiger partial charge is 0.240 e. The molecular formula is C15H16FNO3S. The van der Waals surface area contributed by atoms with Crippen molar-refractivity contribution in [2.75, 3.05) is 6.54 Å². The lowest BCUT2D eigenvalue weighted by Crippen LogP contribution is -2.38. The van der Waals surface area contributed by atoms with E-state index in [9.17, 15) is 17.9 Å². The molecule has 21 heavy (non-hydrogen) atoms. The number of nitrogens with one attached hydrogen (secondary N) is 1. The van der Waals surface area contributed by atoms with Crippen LogP contribution >= 0.6 is 0 Å². The summed E-state index contributed by atoms with van der Waals surface area (Å²) in [6.07, 6.45) is 0. The topological polar surface area (TPSA) is 66.4 Å². The highest BCUT2D eigenvalue weighted by atomic mass is 32.2. The lowest BCUT2D eigenvalue weighted by atomic mass is 9.97. The minimum Gasteiger partial charge on any atom is -0.384 e. The van der Waals surface area contributed by atoms with Gasteiger partial charge in [0.25, 0.3) is 0 Å². The summed E-state index contributed by atoms with van der Waals surface area (Å²) < 4.78 is 39.5. The van der Waals surface area contributed by atoms with Gasteiger partial charge in [0, 0.05) is 6.54 Å². The van der Waals surface area contributed by atoms with Gasteiger partial charge >= 0.3 is 0 Å². The number of benzene rings is 2. The van der Waals surface area contributed by atoms with Gasteiger partial charge in [-0.3, -0.25) is 0 Å². The second-order valence-electron chi connectivity index (χ2n) is 4.92. The van der Waals surface area contributed by atoms with Crippen molar-refractivity contribution in [2.45, 2.75) is 17.4 Å². The molecule has 0 saturated carbocycles. The average molecular weight is 309 g/mol. The molecule has 2 aromatic carbocycles. The van der Waals surface area contributed by atoms with Crippen molar-refractivity contribution >= 4 is 10.0 Å². The van der Waals surface area contributed by atoms with Gasteiger partial charge in [-0.25, -0.2) is 17.5 Å². The van der Waals surface area contributed by atoms with E-state index in [1.165, 1.54) is 25.1 Å². The van der Waals surface area contributed by atoms with Gasteiger partial charge in [0.05, 0.1) is 4.90 Å². The Morgan fingerprint density at radius 3 is 2.43 bits per heavy atom. The zero-order chi connectivity index (χ0) is 15.5. The number of rotatable bonds is 5. The van der Waals surface area contributed by atoms with Gasteiger partial charge in [0.15, 0.2) is 0 Å². The maximum Gasteiger partial charge on any atom is 0.240 e. The van der Waals surface area contributed by atoms with Crippen LogP contribution < -0.4 is 4.72 Å². The molecule has 0 radical (unpaired) electrons. The van der Waals surface area contributed by atoms with E-state index in [1.807, 2.05) is 0 Å². The Morgan fingerprint density at radius 2 is 1.81 bits per heavy atom. The lowest BCUT2D eigenvalue weighted by molar-refractivity contribution is 0.0627. The Labute approximate surface area is 123 Å². The Kier molecular flexibility index (Phi) is 4.41. The Bertz CT molecular complexity index is 715. The van der Waals surface area contributed by atoms with Crippen molar-refractivity contribution in [3.63, 3.8) is 0 Å². The quantitative estimate of drug-likeness (QED) is 0.888. The summed E-state index contributed by atoms with van der Waals surface area (Å²) >= 11 is 0. The van der Waals surface area contributed by atoms with Gasteiger partial charge in [-0.2, -0.15) is 0 Å². The first kappa shape index (κ1) is 15.6. The number of sulfonamides is 1. The van der Waals surface area contributed by atoms with E-state index >= 15 is 0 Å². The van der Waals surface area contributed by atoms with Gasteiger partial charge in [-0.15, -0.1) is 0 Å². The van der Waals surface area contributed by atoms with E-state index in [-0.39, 0.29) is 11.4 Å². The van der Waals surface area contributed by atoms with Crippen LogP contribution in [-0.4, -0.2) is 20.1 Å². The molecule has 0 fully saturated rings. The largest absolute Gasteiger partial charge is 0.384 e. The molecule has 1 atom stereocenters. The van der Waals surface area contributed by atoms with Crippen LogP contribution in [0.25, 0.3) is 0 Å². The van der Waals surface area contributed by atoms with Crippen LogP contribution in [0, 0.1) is 5.82 Å². The number of aliphatic hydroxyl groups is 1. The van der Waals surface area contributed by atoms with Crippen LogP contribution in [0.1, 0.15) is 12.5 Å². The summed E-state index contributed by atoms with van der Waals surface area (Å²) in [6.45, 7) is 1.30. The van der Waals surface area contributed by atoms with Crippen LogP contribution in [0.15, 0.2) is 59.5 Å². The van der Waals surface area contributed by atoms with Crippen LogP contribution in [0.2, 0.25) is 0 Å². The van der Waals surface area contributed by atoms with Crippen molar-refractivity contribution in [3.05, 3.63) is 66.0 Å². The van der Waals surface area contributed by atoms with Gasteiger partial charge in [-0.1, -0.05) is 36.4 Å². The molecular weight excluding hydrogens is 293 g/mol. The number of hydrogen-bond acceptors (Lipinski definition) is 3. The number of hydrogen-bond donors (Lipinski definition) is 2. The third-order valence-corrected chi connectivity index (χ3v) is 4.51. The zero-order valence-corrected chi connectivity index (χ0v) is 12.3. The summed E-state index contributed by atoms with van der Waals surface area (Å²) in [6, 6.07) is 13.4. The molecule has 2 aromatic rings. The van der Waals surface area contributed by atoms with Crippen molar-refractivity contribution in [1.29, 1.82) is 0 Å². The Hall–Kier alpha value is -1.76. The molecule has 0 aliphatic heterocycles. The minimum atomic E-state index is -3.87. The molecule has 2 rings (SSSR count). The highest BCUT2D eigenvalue weighted by molar-refractivity contribution is 7.89. The fraction of sp³-hybridized carbons (Fsp3) is 0.200. The molecule has 6 heteroatoms. The molecule has 112 valence electrons. The highest BCUT2D eigenvalue weighted by Gasteiger charge is 2.26. The molecule has 0 aliphatic rings.